The van der Waals surface area contributed by atoms with Crippen molar-refractivity contribution in [2.45, 2.75) is 19.1 Å². The Kier molecular flexibility index (Phi) is 3.83. The van der Waals surface area contributed by atoms with E-state index in [0.29, 0.717) is 5.56 Å². The molecule has 0 heterocycles. The highest BCUT2D eigenvalue weighted by Crippen LogP contribution is 2.29. The highest BCUT2D eigenvalue weighted by molar-refractivity contribution is 5.88. The van der Waals surface area contributed by atoms with Gasteiger partial charge in [0.05, 0.1) is 7.11 Å². The summed E-state index contributed by atoms with van der Waals surface area (Å²) < 4.78 is 4.46. The van der Waals surface area contributed by atoms with E-state index in [1.165, 1.54) is 7.11 Å². The molecule has 2 rings (SSSR count). The van der Waals surface area contributed by atoms with Gasteiger partial charge in [-0.05, 0) is 28.8 Å². The molecule has 2 N–H and O–H groups in total. The molecule has 0 aromatic heterocycles. The van der Waals surface area contributed by atoms with E-state index in [1.54, 1.807) is 0 Å². The Morgan fingerprint density at radius 3 is 2.53 bits per heavy atom. The first-order valence-electron chi connectivity index (χ1n) is 5.98. The summed E-state index contributed by atoms with van der Waals surface area (Å²) in [5, 5.41) is 21.8. The van der Waals surface area contributed by atoms with E-state index in [0.717, 1.165) is 16.3 Å². The van der Waals surface area contributed by atoms with Crippen LogP contribution >= 0.6 is 0 Å². The molecule has 2 aromatic rings. The Labute approximate surface area is 111 Å². The van der Waals surface area contributed by atoms with Crippen molar-refractivity contribution in [1.29, 1.82) is 0 Å². The van der Waals surface area contributed by atoms with Gasteiger partial charge in [0.2, 0.25) is 0 Å². The van der Waals surface area contributed by atoms with Gasteiger partial charge >= 0.3 is 5.97 Å². The van der Waals surface area contributed by atoms with Gasteiger partial charge in [-0.3, -0.25) is 0 Å². The lowest BCUT2D eigenvalue weighted by atomic mass is 9.93. The van der Waals surface area contributed by atoms with Crippen LogP contribution in [0, 0.1) is 6.92 Å². The second-order valence-electron chi connectivity index (χ2n) is 4.43. The zero-order valence-electron chi connectivity index (χ0n) is 10.8. The summed E-state index contributed by atoms with van der Waals surface area (Å²) >= 11 is 0. The van der Waals surface area contributed by atoms with E-state index in [1.807, 2.05) is 43.3 Å². The Balaban J connectivity index is 2.55. The van der Waals surface area contributed by atoms with Crippen molar-refractivity contribution in [2.24, 2.45) is 0 Å². The summed E-state index contributed by atoms with van der Waals surface area (Å²) in [5.74, 6) is -0.847. The normalized spacial score (nSPS) is 14.1. The summed E-state index contributed by atoms with van der Waals surface area (Å²) in [7, 11) is 1.17. The summed E-state index contributed by atoms with van der Waals surface area (Å²) in [6.07, 6.45) is -2.90. The molecule has 2 unspecified atom stereocenters. The molecule has 4 heteroatoms. The van der Waals surface area contributed by atoms with Crippen LogP contribution in [0.5, 0.6) is 0 Å². The van der Waals surface area contributed by atoms with Crippen molar-refractivity contribution in [3.63, 3.8) is 0 Å². The van der Waals surface area contributed by atoms with Gasteiger partial charge in [0, 0.05) is 0 Å². The van der Waals surface area contributed by atoms with Crippen molar-refractivity contribution in [2.75, 3.05) is 7.11 Å². The standard InChI is InChI=1S/C15H16O4/c1-9-7-8-10-5-3-4-6-11(10)12(9)13(16)14(17)15(18)19-2/h3-8,13-14,16-17H,1-2H3. The van der Waals surface area contributed by atoms with Gasteiger partial charge in [0.25, 0.3) is 0 Å². The summed E-state index contributed by atoms with van der Waals surface area (Å²) in [4.78, 5) is 11.3. The zero-order valence-corrected chi connectivity index (χ0v) is 10.8. The molecule has 2 atom stereocenters. The molecule has 0 bridgehead atoms. The van der Waals surface area contributed by atoms with E-state index >= 15 is 0 Å². The molecule has 0 fully saturated rings. The number of methoxy groups -OCH3 is 1. The van der Waals surface area contributed by atoms with Crippen LogP contribution in [0.15, 0.2) is 36.4 Å². The van der Waals surface area contributed by atoms with Gasteiger partial charge in [0.15, 0.2) is 6.10 Å². The highest BCUT2D eigenvalue weighted by atomic mass is 16.5. The second-order valence-corrected chi connectivity index (χ2v) is 4.43. The van der Waals surface area contributed by atoms with Crippen LogP contribution in [-0.2, 0) is 9.53 Å². The van der Waals surface area contributed by atoms with E-state index in [9.17, 15) is 15.0 Å². The predicted octanol–water partition coefficient (Wildman–Crippen LogP) is 1.72. The average molecular weight is 260 g/mol. The molecule has 0 aliphatic carbocycles. The van der Waals surface area contributed by atoms with Gasteiger partial charge in [-0.15, -0.1) is 0 Å². The number of ether oxygens (including phenoxy) is 1. The predicted molar refractivity (Wildman–Crippen MR) is 71.7 cm³/mol. The molecule has 0 amide bonds. The number of esters is 1. The van der Waals surface area contributed by atoms with E-state index in [2.05, 4.69) is 4.74 Å². The lowest BCUT2D eigenvalue weighted by Gasteiger charge is -2.20. The lowest BCUT2D eigenvalue weighted by molar-refractivity contribution is -0.156. The van der Waals surface area contributed by atoms with Crippen LogP contribution in [0.2, 0.25) is 0 Å². The molecule has 0 spiro atoms. The SMILES string of the molecule is COC(=O)C(O)C(O)c1c(C)ccc2ccccc12. The molecular formula is C15H16O4. The lowest BCUT2D eigenvalue weighted by Crippen LogP contribution is -2.29. The number of aliphatic hydroxyl groups excluding tert-OH is 2. The molecule has 0 aliphatic heterocycles. The Morgan fingerprint density at radius 1 is 1.16 bits per heavy atom. The van der Waals surface area contributed by atoms with Crippen molar-refractivity contribution < 1.29 is 19.7 Å². The molecule has 0 saturated carbocycles. The van der Waals surface area contributed by atoms with Crippen LogP contribution in [0.4, 0.5) is 0 Å². The fourth-order valence-corrected chi connectivity index (χ4v) is 2.20. The number of aliphatic hydroxyl groups is 2. The molecule has 2 aromatic carbocycles. The van der Waals surface area contributed by atoms with Gasteiger partial charge in [-0.25, -0.2) is 4.79 Å². The number of aryl methyl sites for hydroxylation is 1. The molecule has 0 aliphatic rings. The maximum Gasteiger partial charge on any atom is 0.337 e. The Bertz CT molecular complexity index is 606. The van der Waals surface area contributed by atoms with Crippen molar-refractivity contribution in [1.82, 2.24) is 0 Å². The summed E-state index contributed by atoms with van der Waals surface area (Å²) in [6, 6.07) is 11.3. The minimum atomic E-state index is -1.59. The van der Waals surface area contributed by atoms with Gasteiger partial charge in [-0.2, -0.15) is 0 Å². The minimum Gasteiger partial charge on any atom is -0.467 e. The number of hydrogen-bond donors (Lipinski definition) is 2. The van der Waals surface area contributed by atoms with Crippen LogP contribution in [0.3, 0.4) is 0 Å². The maximum atomic E-state index is 11.3. The number of hydrogen-bond acceptors (Lipinski definition) is 4. The topological polar surface area (TPSA) is 66.8 Å². The van der Waals surface area contributed by atoms with Crippen molar-refractivity contribution in [3.05, 3.63) is 47.5 Å². The number of rotatable bonds is 3. The minimum absolute atomic E-state index is 0.552. The van der Waals surface area contributed by atoms with Gasteiger partial charge in [0.1, 0.15) is 6.10 Å². The maximum absolute atomic E-state index is 11.3. The molecular weight excluding hydrogens is 244 g/mol. The van der Waals surface area contributed by atoms with Crippen LogP contribution in [0.1, 0.15) is 17.2 Å². The quantitative estimate of drug-likeness (QED) is 0.825. The first-order valence-corrected chi connectivity index (χ1v) is 5.98. The summed E-state index contributed by atoms with van der Waals surface area (Å²) in [6.45, 7) is 1.83. The van der Waals surface area contributed by atoms with Crippen LogP contribution in [0.25, 0.3) is 10.8 Å². The van der Waals surface area contributed by atoms with Crippen molar-refractivity contribution >= 4 is 16.7 Å². The number of carbonyl (C=O) groups is 1. The largest absolute Gasteiger partial charge is 0.467 e. The third kappa shape index (κ3) is 2.45. The van der Waals surface area contributed by atoms with Gasteiger partial charge in [-0.1, -0.05) is 36.4 Å². The van der Waals surface area contributed by atoms with Crippen LogP contribution < -0.4 is 0 Å². The third-order valence-corrected chi connectivity index (χ3v) is 3.23. The summed E-state index contributed by atoms with van der Waals surface area (Å²) in [5.41, 5.74) is 1.37. The van der Waals surface area contributed by atoms with Crippen LogP contribution in [-0.4, -0.2) is 29.4 Å². The molecule has 100 valence electrons. The highest BCUT2D eigenvalue weighted by Gasteiger charge is 2.28. The Morgan fingerprint density at radius 2 is 1.84 bits per heavy atom. The number of fused-ring (bicyclic) bond motifs is 1. The van der Waals surface area contributed by atoms with Gasteiger partial charge < -0.3 is 14.9 Å². The van der Waals surface area contributed by atoms with E-state index in [-0.39, 0.29) is 0 Å². The fourth-order valence-electron chi connectivity index (χ4n) is 2.20. The smallest absolute Gasteiger partial charge is 0.337 e. The van der Waals surface area contributed by atoms with Crippen molar-refractivity contribution in [3.8, 4) is 0 Å². The molecule has 4 nitrogen and oxygen atoms in total. The zero-order chi connectivity index (χ0) is 14.0. The molecule has 19 heavy (non-hydrogen) atoms. The number of carbonyl (C=O) groups excluding carboxylic acids is 1. The Hall–Kier alpha value is -1.91. The molecule has 0 saturated heterocycles. The average Bonchev–Trinajstić information content (AvgIpc) is 2.44. The third-order valence-electron chi connectivity index (χ3n) is 3.23. The monoisotopic (exact) mass is 260 g/mol. The molecule has 0 radical (unpaired) electrons. The number of benzene rings is 2. The first kappa shape index (κ1) is 13.5. The van der Waals surface area contributed by atoms with E-state index < -0.39 is 18.2 Å². The first-order chi connectivity index (χ1) is 9.06. The van der Waals surface area contributed by atoms with E-state index in [4.69, 9.17) is 0 Å². The second kappa shape index (κ2) is 5.38. The fraction of sp³-hybridized carbons (Fsp3) is 0.267.